The van der Waals surface area contributed by atoms with Crippen molar-refractivity contribution in [1.82, 2.24) is 15.1 Å². The zero-order chi connectivity index (χ0) is 18.4. The van der Waals surface area contributed by atoms with E-state index >= 15 is 0 Å². The molecule has 0 bridgehead atoms. The molecule has 0 aromatic heterocycles. The molecule has 26 heavy (non-hydrogen) atoms. The van der Waals surface area contributed by atoms with Crippen molar-refractivity contribution in [3.05, 3.63) is 71.3 Å². The molecule has 2 aromatic carbocycles. The van der Waals surface area contributed by atoms with Crippen LogP contribution in [0, 0.1) is 6.92 Å². The summed E-state index contributed by atoms with van der Waals surface area (Å²) in [5, 5.41) is 3.11. The van der Waals surface area contributed by atoms with Gasteiger partial charge in [0.1, 0.15) is 0 Å². The predicted molar refractivity (Wildman–Crippen MR) is 106 cm³/mol. The van der Waals surface area contributed by atoms with Crippen molar-refractivity contribution < 1.29 is 4.79 Å². The zero-order valence-corrected chi connectivity index (χ0v) is 15.8. The number of carbonyl (C=O) groups is 1. The summed E-state index contributed by atoms with van der Waals surface area (Å²) in [6, 6.07) is 18.9. The second-order valence-electron chi connectivity index (χ2n) is 7.24. The lowest BCUT2D eigenvalue weighted by atomic mass is 10.1. The van der Waals surface area contributed by atoms with Crippen molar-refractivity contribution in [3.8, 4) is 0 Å². The van der Waals surface area contributed by atoms with Crippen LogP contribution in [0.3, 0.4) is 0 Å². The first-order chi connectivity index (χ1) is 12.6. The normalized spacial score (nSPS) is 17.0. The highest BCUT2D eigenvalue weighted by Crippen LogP contribution is 2.12. The predicted octanol–water partition coefficient (Wildman–Crippen LogP) is 2.99. The van der Waals surface area contributed by atoms with Crippen LogP contribution < -0.4 is 5.32 Å². The quantitative estimate of drug-likeness (QED) is 0.869. The molecule has 1 aliphatic rings. The third-order valence-corrected chi connectivity index (χ3v) is 5.04. The molecular formula is C22H29N3O. The highest BCUT2D eigenvalue weighted by molar-refractivity contribution is 5.78. The Balaban J connectivity index is 1.40. The zero-order valence-electron chi connectivity index (χ0n) is 15.8. The van der Waals surface area contributed by atoms with Crippen molar-refractivity contribution in [2.75, 3.05) is 32.7 Å². The molecule has 2 aromatic rings. The van der Waals surface area contributed by atoms with Crippen molar-refractivity contribution in [2.45, 2.75) is 26.4 Å². The van der Waals surface area contributed by atoms with E-state index in [0.29, 0.717) is 6.54 Å². The van der Waals surface area contributed by atoms with Crippen LogP contribution in [0.25, 0.3) is 0 Å². The maximum atomic E-state index is 12.3. The minimum absolute atomic E-state index is 0.0477. The molecule has 1 fully saturated rings. The van der Waals surface area contributed by atoms with E-state index in [4.69, 9.17) is 0 Å². The van der Waals surface area contributed by atoms with Crippen molar-refractivity contribution in [3.63, 3.8) is 0 Å². The summed E-state index contributed by atoms with van der Waals surface area (Å²) in [7, 11) is 0. The molecule has 1 saturated heterocycles. The molecular weight excluding hydrogens is 322 g/mol. The Morgan fingerprint density at radius 2 is 1.58 bits per heavy atom. The standard InChI is InChI=1S/C22H29N3O/c1-18-8-10-20(11-9-18)16-24-12-14-25(15-13-24)17-22(26)23-19(2)21-6-4-3-5-7-21/h3-11,19H,12-17H2,1-2H3,(H,23,26). The fraction of sp³-hybridized carbons (Fsp3) is 0.409. The second-order valence-corrected chi connectivity index (χ2v) is 7.24. The average Bonchev–Trinajstić information content (AvgIpc) is 2.66. The van der Waals surface area contributed by atoms with Crippen LogP contribution in [-0.4, -0.2) is 48.4 Å². The van der Waals surface area contributed by atoms with E-state index in [1.165, 1.54) is 11.1 Å². The van der Waals surface area contributed by atoms with Gasteiger partial charge in [0.2, 0.25) is 5.91 Å². The summed E-state index contributed by atoms with van der Waals surface area (Å²) in [6.45, 7) is 9.53. The SMILES string of the molecule is Cc1ccc(CN2CCN(CC(=O)NC(C)c3ccccc3)CC2)cc1. The van der Waals surface area contributed by atoms with Gasteiger partial charge in [0.25, 0.3) is 0 Å². The van der Waals surface area contributed by atoms with E-state index in [0.717, 1.165) is 38.3 Å². The van der Waals surface area contributed by atoms with Crippen LogP contribution in [0.15, 0.2) is 54.6 Å². The molecule has 0 spiro atoms. The molecule has 4 heteroatoms. The number of nitrogens with one attached hydrogen (secondary N) is 1. The van der Waals surface area contributed by atoms with E-state index in [9.17, 15) is 4.79 Å². The topological polar surface area (TPSA) is 35.6 Å². The third-order valence-electron chi connectivity index (χ3n) is 5.04. The first-order valence-corrected chi connectivity index (χ1v) is 9.45. The maximum absolute atomic E-state index is 12.3. The van der Waals surface area contributed by atoms with Gasteiger partial charge < -0.3 is 5.32 Å². The Hall–Kier alpha value is -2.17. The lowest BCUT2D eigenvalue weighted by molar-refractivity contribution is -0.123. The van der Waals surface area contributed by atoms with Crippen LogP contribution in [-0.2, 0) is 11.3 Å². The number of amides is 1. The van der Waals surface area contributed by atoms with E-state index in [-0.39, 0.29) is 11.9 Å². The van der Waals surface area contributed by atoms with Gasteiger partial charge in [-0.25, -0.2) is 0 Å². The minimum atomic E-state index is 0.0477. The Labute approximate surface area is 156 Å². The molecule has 1 atom stereocenters. The summed E-state index contributed by atoms with van der Waals surface area (Å²) in [5.74, 6) is 0.105. The third kappa shape index (κ3) is 5.41. The van der Waals surface area contributed by atoms with Crippen LogP contribution in [0.5, 0.6) is 0 Å². The maximum Gasteiger partial charge on any atom is 0.234 e. The molecule has 3 rings (SSSR count). The molecule has 1 aliphatic heterocycles. The van der Waals surface area contributed by atoms with Gasteiger partial charge in [-0.05, 0) is 25.0 Å². The molecule has 138 valence electrons. The van der Waals surface area contributed by atoms with Gasteiger partial charge in [0.05, 0.1) is 12.6 Å². The van der Waals surface area contributed by atoms with E-state index in [2.05, 4.69) is 58.4 Å². The number of nitrogens with zero attached hydrogens (tertiary/aromatic N) is 2. The van der Waals surface area contributed by atoms with Gasteiger partial charge in [-0.3, -0.25) is 14.6 Å². The molecule has 1 amide bonds. The van der Waals surface area contributed by atoms with Crippen molar-refractivity contribution in [1.29, 1.82) is 0 Å². The van der Waals surface area contributed by atoms with Gasteiger partial charge in [-0.15, -0.1) is 0 Å². The van der Waals surface area contributed by atoms with Gasteiger partial charge >= 0.3 is 0 Å². The van der Waals surface area contributed by atoms with Crippen LogP contribution in [0.4, 0.5) is 0 Å². The number of aryl methyl sites for hydroxylation is 1. The smallest absolute Gasteiger partial charge is 0.234 e. The Kier molecular flexibility index (Phi) is 6.42. The van der Waals surface area contributed by atoms with E-state index in [1.807, 2.05) is 25.1 Å². The monoisotopic (exact) mass is 351 g/mol. The minimum Gasteiger partial charge on any atom is -0.348 e. The number of piperazine rings is 1. The van der Waals surface area contributed by atoms with Crippen LogP contribution >= 0.6 is 0 Å². The first-order valence-electron chi connectivity index (χ1n) is 9.45. The summed E-state index contributed by atoms with van der Waals surface area (Å²) < 4.78 is 0. The summed E-state index contributed by atoms with van der Waals surface area (Å²) in [5.41, 5.74) is 3.80. The molecule has 1 N–H and O–H groups in total. The first kappa shape index (κ1) is 18.6. The molecule has 1 unspecified atom stereocenters. The molecule has 0 aliphatic carbocycles. The summed E-state index contributed by atoms with van der Waals surface area (Å²) in [4.78, 5) is 17.0. The van der Waals surface area contributed by atoms with Crippen LogP contribution in [0.1, 0.15) is 29.7 Å². The van der Waals surface area contributed by atoms with Gasteiger partial charge in [0.15, 0.2) is 0 Å². The van der Waals surface area contributed by atoms with Crippen molar-refractivity contribution in [2.24, 2.45) is 0 Å². The fourth-order valence-electron chi connectivity index (χ4n) is 3.37. The fourth-order valence-corrected chi connectivity index (χ4v) is 3.37. The Bertz CT molecular complexity index is 691. The van der Waals surface area contributed by atoms with E-state index in [1.54, 1.807) is 0 Å². The summed E-state index contributed by atoms with van der Waals surface area (Å²) in [6.07, 6.45) is 0. The van der Waals surface area contributed by atoms with Gasteiger partial charge in [-0.2, -0.15) is 0 Å². The largest absolute Gasteiger partial charge is 0.348 e. The number of hydrogen-bond donors (Lipinski definition) is 1. The summed E-state index contributed by atoms with van der Waals surface area (Å²) >= 11 is 0. The molecule has 1 heterocycles. The number of rotatable bonds is 6. The average molecular weight is 351 g/mol. The highest BCUT2D eigenvalue weighted by Gasteiger charge is 2.19. The van der Waals surface area contributed by atoms with Gasteiger partial charge in [-0.1, -0.05) is 60.2 Å². The van der Waals surface area contributed by atoms with Crippen LogP contribution in [0.2, 0.25) is 0 Å². The molecule has 0 saturated carbocycles. The molecule has 0 radical (unpaired) electrons. The lowest BCUT2D eigenvalue weighted by Gasteiger charge is -2.34. The molecule has 4 nitrogen and oxygen atoms in total. The Morgan fingerprint density at radius 3 is 2.23 bits per heavy atom. The van der Waals surface area contributed by atoms with Crippen molar-refractivity contribution >= 4 is 5.91 Å². The van der Waals surface area contributed by atoms with Gasteiger partial charge in [0, 0.05) is 32.7 Å². The second kappa shape index (κ2) is 8.97. The number of carbonyl (C=O) groups excluding carboxylic acids is 1. The Morgan fingerprint density at radius 1 is 0.962 bits per heavy atom. The van der Waals surface area contributed by atoms with E-state index < -0.39 is 0 Å². The lowest BCUT2D eigenvalue weighted by Crippen LogP contribution is -2.49. The number of hydrogen-bond acceptors (Lipinski definition) is 3. The highest BCUT2D eigenvalue weighted by atomic mass is 16.2. The number of benzene rings is 2.